The van der Waals surface area contributed by atoms with Crippen LogP contribution in [0.5, 0.6) is 11.5 Å². The lowest BCUT2D eigenvalue weighted by Gasteiger charge is -2.21. The van der Waals surface area contributed by atoms with E-state index >= 15 is 0 Å². The monoisotopic (exact) mass is 440 g/mol. The van der Waals surface area contributed by atoms with Crippen LogP contribution in [-0.2, 0) is 11.2 Å². The van der Waals surface area contributed by atoms with Gasteiger partial charge in [0, 0.05) is 63.2 Å². The van der Waals surface area contributed by atoms with E-state index < -0.39 is 0 Å². The van der Waals surface area contributed by atoms with Gasteiger partial charge in [-0.25, -0.2) is 0 Å². The lowest BCUT2D eigenvalue weighted by molar-refractivity contribution is 0.135. The van der Waals surface area contributed by atoms with Crippen molar-refractivity contribution >= 4 is 11.6 Å². The van der Waals surface area contributed by atoms with Crippen LogP contribution in [0, 0.1) is 0 Å². The summed E-state index contributed by atoms with van der Waals surface area (Å²) in [6.07, 6.45) is 2.94. The number of nitrogens with zero attached hydrogens (tertiary/aromatic N) is 2. The first kappa shape index (κ1) is 23.7. The number of hydrogen-bond donors (Lipinski definition) is 2. The molecule has 0 amide bonds. The second-order valence-corrected chi connectivity index (χ2v) is 7.85. The predicted octanol–water partition coefficient (Wildman–Crippen LogP) is 3.10. The largest absolute Gasteiger partial charge is 0.497 e. The summed E-state index contributed by atoms with van der Waals surface area (Å²) in [5.41, 5.74) is 2.43. The van der Waals surface area contributed by atoms with Gasteiger partial charge in [0.2, 0.25) is 0 Å². The molecule has 1 saturated heterocycles. The van der Waals surface area contributed by atoms with Crippen LogP contribution >= 0.6 is 0 Å². The molecule has 0 saturated carbocycles. The fraction of sp³-hybridized carbons (Fsp3) is 0.480. The summed E-state index contributed by atoms with van der Waals surface area (Å²) in [6.45, 7) is 4.20. The molecule has 1 fully saturated rings. The minimum atomic E-state index is 0.334. The number of aliphatic imine (C=N–C) groups is 1. The molecule has 2 aromatic carbocycles. The van der Waals surface area contributed by atoms with Gasteiger partial charge in [-0.05, 0) is 24.8 Å². The Kier molecular flexibility index (Phi) is 9.50. The molecule has 1 heterocycles. The summed E-state index contributed by atoms with van der Waals surface area (Å²) in [5, 5.41) is 6.94. The summed E-state index contributed by atoms with van der Waals surface area (Å²) < 4.78 is 16.6. The number of methoxy groups -OCH3 is 2. The van der Waals surface area contributed by atoms with Crippen molar-refractivity contribution < 1.29 is 14.2 Å². The van der Waals surface area contributed by atoms with Crippen LogP contribution in [0.3, 0.4) is 0 Å². The third-order valence-corrected chi connectivity index (χ3v) is 5.59. The van der Waals surface area contributed by atoms with Crippen LogP contribution in [0.4, 0.5) is 5.69 Å². The van der Waals surface area contributed by atoms with E-state index in [1.54, 1.807) is 14.2 Å². The maximum absolute atomic E-state index is 5.76. The first-order chi connectivity index (χ1) is 15.7. The van der Waals surface area contributed by atoms with Crippen molar-refractivity contribution in [3.05, 3.63) is 54.1 Å². The Hall–Kier alpha value is -2.93. The Balaban J connectivity index is 1.34. The molecule has 7 heteroatoms. The molecular weight excluding hydrogens is 404 g/mol. The van der Waals surface area contributed by atoms with E-state index in [1.807, 2.05) is 19.2 Å². The van der Waals surface area contributed by atoms with Gasteiger partial charge in [-0.3, -0.25) is 4.99 Å². The number of rotatable bonds is 11. The molecule has 1 unspecified atom stereocenters. The van der Waals surface area contributed by atoms with Crippen molar-refractivity contribution in [2.75, 3.05) is 59.0 Å². The Morgan fingerprint density at radius 1 is 1.06 bits per heavy atom. The molecule has 0 aromatic heterocycles. The van der Waals surface area contributed by atoms with Gasteiger partial charge in [0.05, 0.1) is 20.8 Å². The van der Waals surface area contributed by atoms with E-state index in [2.05, 4.69) is 56.9 Å². The third-order valence-electron chi connectivity index (χ3n) is 5.59. The minimum Gasteiger partial charge on any atom is -0.497 e. The Morgan fingerprint density at radius 2 is 1.81 bits per heavy atom. The van der Waals surface area contributed by atoms with Crippen LogP contribution in [0.2, 0.25) is 0 Å². The molecule has 1 aliphatic rings. The first-order valence-electron chi connectivity index (χ1n) is 11.3. The predicted molar refractivity (Wildman–Crippen MR) is 130 cm³/mol. The van der Waals surface area contributed by atoms with Gasteiger partial charge in [-0.2, -0.15) is 0 Å². The number of ether oxygens (including phenoxy) is 3. The second kappa shape index (κ2) is 12.8. The van der Waals surface area contributed by atoms with Crippen molar-refractivity contribution in [2.45, 2.75) is 25.3 Å². The van der Waals surface area contributed by atoms with Crippen LogP contribution < -0.4 is 25.0 Å². The molecule has 2 N–H and O–H groups in total. The van der Waals surface area contributed by atoms with E-state index in [0.717, 1.165) is 75.3 Å². The number of nitrogens with one attached hydrogen (secondary N) is 2. The lowest BCUT2D eigenvalue weighted by atomic mass is 10.2. The zero-order valence-electron chi connectivity index (χ0n) is 19.5. The van der Waals surface area contributed by atoms with Gasteiger partial charge in [-0.1, -0.05) is 30.3 Å². The van der Waals surface area contributed by atoms with Crippen LogP contribution in [0.15, 0.2) is 53.5 Å². The van der Waals surface area contributed by atoms with Crippen LogP contribution in [0.1, 0.15) is 18.4 Å². The average molecular weight is 441 g/mol. The van der Waals surface area contributed by atoms with Crippen molar-refractivity contribution in [3.63, 3.8) is 0 Å². The van der Waals surface area contributed by atoms with Crippen molar-refractivity contribution in [1.29, 1.82) is 0 Å². The molecule has 174 valence electrons. The van der Waals surface area contributed by atoms with E-state index in [0.29, 0.717) is 6.04 Å². The normalized spacial score (nSPS) is 16.2. The number of hydrogen-bond acceptors (Lipinski definition) is 5. The fourth-order valence-electron chi connectivity index (χ4n) is 3.79. The number of anilines is 1. The first-order valence-corrected chi connectivity index (χ1v) is 11.3. The fourth-order valence-corrected chi connectivity index (χ4v) is 3.79. The highest BCUT2D eigenvalue weighted by Gasteiger charge is 2.24. The number of benzene rings is 2. The summed E-state index contributed by atoms with van der Waals surface area (Å²) in [4.78, 5) is 6.72. The summed E-state index contributed by atoms with van der Waals surface area (Å²) in [7, 11) is 5.17. The molecule has 0 aliphatic carbocycles. The third kappa shape index (κ3) is 7.34. The standard InChI is InChI=1S/C25H36N4O3/c1-26-25(27-12-7-14-32-15-11-20-8-5-4-6-9-20)28-21-10-13-29(19-21)22-16-23(30-2)18-24(17-22)31-3/h4-6,8-9,16-18,21H,7,10-15,19H2,1-3H3,(H2,26,27,28). The van der Waals surface area contributed by atoms with Gasteiger partial charge >= 0.3 is 0 Å². The Labute approximate surface area is 191 Å². The summed E-state index contributed by atoms with van der Waals surface area (Å²) in [6, 6.07) is 16.8. The van der Waals surface area contributed by atoms with Gasteiger partial charge in [-0.15, -0.1) is 0 Å². The highest BCUT2D eigenvalue weighted by Crippen LogP contribution is 2.30. The second-order valence-electron chi connectivity index (χ2n) is 7.85. The van der Waals surface area contributed by atoms with Crippen molar-refractivity contribution in [3.8, 4) is 11.5 Å². The highest BCUT2D eigenvalue weighted by molar-refractivity contribution is 5.80. The molecule has 0 bridgehead atoms. The molecule has 0 radical (unpaired) electrons. The van der Waals surface area contributed by atoms with E-state index in [1.165, 1.54) is 5.56 Å². The molecular formula is C25H36N4O3. The Morgan fingerprint density at radius 3 is 2.50 bits per heavy atom. The van der Waals surface area contributed by atoms with Gasteiger partial charge in [0.15, 0.2) is 5.96 Å². The van der Waals surface area contributed by atoms with Gasteiger partial charge in [0.1, 0.15) is 11.5 Å². The summed E-state index contributed by atoms with van der Waals surface area (Å²) in [5.74, 6) is 2.45. The zero-order valence-corrected chi connectivity index (χ0v) is 19.5. The Bertz CT molecular complexity index is 822. The number of guanidine groups is 1. The van der Waals surface area contributed by atoms with E-state index in [-0.39, 0.29) is 0 Å². The molecule has 0 spiro atoms. The quantitative estimate of drug-likeness (QED) is 0.318. The smallest absolute Gasteiger partial charge is 0.191 e. The maximum atomic E-state index is 5.76. The van der Waals surface area contributed by atoms with E-state index in [9.17, 15) is 0 Å². The lowest BCUT2D eigenvalue weighted by Crippen LogP contribution is -2.45. The maximum Gasteiger partial charge on any atom is 0.191 e. The molecule has 7 nitrogen and oxygen atoms in total. The average Bonchev–Trinajstić information content (AvgIpc) is 3.31. The van der Waals surface area contributed by atoms with E-state index in [4.69, 9.17) is 14.2 Å². The minimum absolute atomic E-state index is 0.334. The molecule has 3 rings (SSSR count). The van der Waals surface area contributed by atoms with Crippen molar-refractivity contribution in [1.82, 2.24) is 10.6 Å². The summed E-state index contributed by atoms with van der Waals surface area (Å²) >= 11 is 0. The molecule has 1 aliphatic heterocycles. The van der Waals surface area contributed by atoms with Crippen LogP contribution in [-0.4, -0.2) is 66.1 Å². The highest BCUT2D eigenvalue weighted by atomic mass is 16.5. The SMILES string of the molecule is CN=C(NCCCOCCc1ccccc1)NC1CCN(c2cc(OC)cc(OC)c2)C1. The topological polar surface area (TPSA) is 67.4 Å². The molecule has 2 aromatic rings. The molecule has 32 heavy (non-hydrogen) atoms. The zero-order chi connectivity index (χ0) is 22.6. The molecule has 1 atom stereocenters. The van der Waals surface area contributed by atoms with Crippen molar-refractivity contribution in [2.24, 2.45) is 4.99 Å². The van der Waals surface area contributed by atoms with Gasteiger partial charge < -0.3 is 29.7 Å². The van der Waals surface area contributed by atoms with Gasteiger partial charge in [0.25, 0.3) is 0 Å². The van der Waals surface area contributed by atoms with Crippen LogP contribution in [0.25, 0.3) is 0 Å².